The summed E-state index contributed by atoms with van der Waals surface area (Å²) in [5.74, 6) is 0.708. The van der Waals surface area contributed by atoms with E-state index in [-0.39, 0.29) is 36.1 Å². The molecule has 202 valence electrons. The molecule has 0 aromatic heterocycles. The van der Waals surface area contributed by atoms with Crippen LogP contribution in [0.4, 0.5) is 0 Å². The predicted molar refractivity (Wildman–Crippen MR) is 139 cm³/mol. The van der Waals surface area contributed by atoms with Gasteiger partial charge in [-0.15, -0.1) is 0 Å². The van der Waals surface area contributed by atoms with E-state index < -0.39 is 20.0 Å². The molecule has 10 nitrogen and oxygen atoms in total. The van der Waals surface area contributed by atoms with Crippen molar-refractivity contribution in [2.24, 2.45) is 0 Å². The van der Waals surface area contributed by atoms with Gasteiger partial charge < -0.3 is 14.8 Å². The quantitative estimate of drug-likeness (QED) is 0.448. The minimum absolute atomic E-state index is 0.0943. The molecular weight excluding hydrogens is 518 g/mol. The predicted octanol–water partition coefficient (Wildman–Crippen LogP) is 2.00. The van der Waals surface area contributed by atoms with Gasteiger partial charge in [0.05, 0.1) is 24.9 Å². The van der Waals surface area contributed by atoms with E-state index in [0.717, 1.165) is 24.0 Å². The number of carbonyl (C=O) groups excluding carboxylic acids is 1. The summed E-state index contributed by atoms with van der Waals surface area (Å²) >= 11 is 0. The molecule has 2 heterocycles. The highest BCUT2D eigenvalue weighted by Crippen LogP contribution is 2.34. The molecule has 2 aromatic rings. The molecule has 37 heavy (non-hydrogen) atoms. The number of carbonyl (C=O) groups is 1. The first kappa shape index (κ1) is 27.4. The molecule has 2 aliphatic rings. The molecule has 0 atom stereocenters. The van der Waals surface area contributed by atoms with Gasteiger partial charge in [-0.2, -0.15) is 8.61 Å². The maximum absolute atomic E-state index is 12.9. The molecule has 0 unspecified atom stereocenters. The summed E-state index contributed by atoms with van der Waals surface area (Å²) in [6.07, 6.45) is 2.54. The Balaban J connectivity index is 1.28. The number of hydrogen-bond donors (Lipinski definition) is 1. The molecule has 0 aliphatic carbocycles. The average molecular weight is 552 g/mol. The Bertz CT molecular complexity index is 1340. The van der Waals surface area contributed by atoms with Gasteiger partial charge >= 0.3 is 0 Å². The molecule has 2 aliphatic heterocycles. The van der Waals surface area contributed by atoms with Crippen LogP contribution in [-0.4, -0.2) is 77.5 Å². The Morgan fingerprint density at radius 3 is 2.14 bits per heavy atom. The molecule has 1 saturated heterocycles. The van der Waals surface area contributed by atoms with Crippen LogP contribution in [0.3, 0.4) is 0 Å². The molecule has 0 bridgehead atoms. The summed E-state index contributed by atoms with van der Waals surface area (Å²) in [6, 6.07) is 9.53. The van der Waals surface area contributed by atoms with Crippen LogP contribution in [0.5, 0.6) is 11.5 Å². The van der Waals surface area contributed by atoms with Crippen molar-refractivity contribution in [2.75, 3.05) is 46.2 Å². The third kappa shape index (κ3) is 6.08. The minimum Gasteiger partial charge on any atom is -0.493 e. The normalized spacial score (nSPS) is 16.8. The fraction of sp³-hybridized carbons (Fsp3) is 0.480. The lowest BCUT2D eigenvalue weighted by Gasteiger charge is -2.29. The zero-order valence-corrected chi connectivity index (χ0v) is 22.7. The van der Waals surface area contributed by atoms with E-state index in [1.807, 2.05) is 12.1 Å². The van der Waals surface area contributed by atoms with Crippen molar-refractivity contribution in [1.82, 2.24) is 13.9 Å². The van der Waals surface area contributed by atoms with Crippen molar-refractivity contribution in [3.63, 3.8) is 0 Å². The standard InChI is InChI=1S/C25H33N3O7S2/c1-34-23-16-20-10-14-28(18-21(20)17-24(23)35-2)36(30,31)15-5-11-26-25(29)19-6-8-22(9-7-19)37(32,33)27-12-3-4-13-27/h6-9,16-17H,3-5,10-15,18H2,1-2H3,(H,26,29). The second-order valence-corrected chi connectivity index (χ2v) is 13.1. The maximum Gasteiger partial charge on any atom is 0.251 e. The summed E-state index contributed by atoms with van der Waals surface area (Å²) in [4.78, 5) is 12.6. The van der Waals surface area contributed by atoms with Gasteiger partial charge in [0.25, 0.3) is 5.91 Å². The number of sulfonamides is 2. The van der Waals surface area contributed by atoms with Crippen molar-refractivity contribution in [3.05, 3.63) is 53.1 Å². The number of benzene rings is 2. The van der Waals surface area contributed by atoms with Gasteiger partial charge in [-0.05, 0) is 73.2 Å². The van der Waals surface area contributed by atoms with E-state index >= 15 is 0 Å². The van der Waals surface area contributed by atoms with Gasteiger partial charge in [-0.25, -0.2) is 16.8 Å². The van der Waals surface area contributed by atoms with E-state index in [9.17, 15) is 21.6 Å². The summed E-state index contributed by atoms with van der Waals surface area (Å²) in [5.41, 5.74) is 2.24. The molecule has 1 amide bonds. The summed E-state index contributed by atoms with van der Waals surface area (Å²) in [7, 11) is -3.94. The molecule has 1 fully saturated rings. The summed E-state index contributed by atoms with van der Waals surface area (Å²) in [5, 5.41) is 2.72. The molecular formula is C25H33N3O7S2. The second kappa shape index (κ2) is 11.4. The molecule has 2 aromatic carbocycles. The second-order valence-electron chi connectivity index (χ2n) is 9.12. The Hall–Kier alpha value is -2.67. The van der Waals surface area contributed by atoms with Crippen LogP contribution in [-0.2, 0) is 33.0 Å². The van der Waals surface area contributed by atoms with Crippen LogP contribution in [0, 0.1) is 0 Å². The molecule has 12 heteroatoms. The Morgan fingerprint density at radius 2 is 1.51 bits per heavy atom. The van der Waals surface area contributed by atoms with Crippen LogP contribution in [0.1, 0.15) is 40.7 Å². The highest BCUT2D eigenvalue weighted by Gasteiger charge is 2.28. The topological polar surface area (TPSA) is 122 Å². The zero-order chi connectivity index (χ0) is 26.6. The number of nitrogens with zero attached hydrogens (tertiary/aromatic N) is 2. The highest BCUT2D eigenvalue weighted by molar-refractivity contribution is 7.89. The molecule has 4 rings (SSSR count). The van der Waals surface area contributed by atoms with Crippen molar-refractivity contribution < 1.29 is 31.1 Å². The van der Waals surface area contributed by atoms with Crippen LogP contribution < -0.4 is 14.8 Å². The first-order valence-corrected chi connectivity index (χ1v) is 15.3. The lowest BCUT2D eigenvalue weighted by molar-refractivity contribution is 0.0953. The van der Waals surface area contributed by atoms with Crippen molar-refractivity contribution in [1.29, 1.82) is 0 Å². The van der Waals surface area contributed by atoms with Crippen LogP contribution >= 0.6 is 0 Å². The van der Waals surface area contributed by atoms with Crippen molar-refractivity contribution in [2.45, 2.75) is 37.1 Å². The largest absolute Gasteiger partial charge is 0.493 e. The Morgan fingerprint density at radius 1 is 0.892 bits per heavy atom. The number of ether oxygens (including phenoxy) is 2. The lowest BCUT2D eigenvalue weighted by Crippen LogP contribution is -2.38. The van der Waals surface area contributed by atoms with Gasteiger partial charge in [-0.1, -0.05) is 0 Å². The summed E-state index contributed by atoms with van der Waals surface area (Å²) < 4.78 is 64.7. The Kier molecular flexibility index (Phi) is 8.42. The van der Waals surface area contributed by atoms with Crippen LogP contribution in [0.2, 0.25) is 0 Å². The number of nitrogens with one attached hydrogen (secondary N) is 1. The van der Waals surface area contributed by atoms with E-state index in [1.54, 1.807) is 14.2 Å². The number of rotatable bonds is 10. The fourth-order valence-corrected chi connectivity index (χ4v) is 7.63. The number of hydrogen-bond acceptors (Lipinski definition) is 7. The molecule has 0 radical (unpaired) electrons. The van der Waals surface area contributed by atoms with Gasteiger partial charge in [-0.3, -0.25) is 4.79 Å². The first-order valence-electron chi connectivity index (χ1n) is 12.3. The SMILES string of the molecule is COc1cc2c(cc1OC)CN(S(=O)(=O)CCCNC(=O)c1ccc(S(=O)(=O)N3CCCC3)cc1)CC2. The van der Waals surface area contributed by atoms with E-state index in [2.05, 4.69) is 5.32 Å². The van der Waals surface area contributed by atoms with Gasteiger partial charge in [0.15, 0.2) is 11.5 Å². The van der Waals surface area contributed by atoms with Gasteiger partial charge in [0.2, 0.25) is 20.0 Å². The molecule has 0 saturated carbocycles. The average Bonchev–Trinajstić information content (AvgIpc) is 3.46. The smallest absolute Gasteiger partial charge is 0.251 e. The highest BCUT2D eigenvalue weighted by atomic mass is 32.2. The number of fused-ring (bicyclic) bond motifs is 1. The number of amides is 1. The molecule has 1 N–H and O–H groups in total. The molecule has 0 spiro atoms. The fourth-order valence-electron chi connectivity index (χ4n) is 4.64. The van der Waals surface area contributed by atoms with Gasteiger partial charge in [0, 0.05) is 38.3 Å². The van der Waals surface area contributed by atoms with E-state index in [1.165, 1.54) is 32.9 Å². The lowest BCUT2D eigenvalue weighted by atomic mass is 10.0. The third-order valence-electron chi connectivity index (χ3n) is 6.76. The van der Waals surface area contributed by atoms with E-state index in [0.29, 0.717) is 43.1 Å². The van der Waals surface area contributed by atoms with Crippen molar-refractivity contribution in [3.8, 4) is 11.5 Å². The monoisotopic (exact) mass is 551 g/mol. The summed E-state index contributed by atoms with van der Waals surface area (Å²) in [6.45, 7) is 1.85. The van der Waals surface area contributed by atoms with Crippen LogP contribution in [0.25, 0.3) is 0 Å². The maximum atomic E-state index is 12.9. The van der Waals surface area contributed by atoms with Crippen LogP contribution in [0.15, 0.2) is 41.3 Å². The zero-order valence-electron chi connectivity index (χ0n) is 21.1. The number of methoxy groups -OCH3 is 2. The minimum atomic E-state index is -3.54. The third-order valence-corrected chi connectivity index (χ3v) is 10.6. The van der Waals surface area contributed by atoms with E-state index in [4.69, 9.17) is 9.47 Å². The van der Waals surface area contributed by atoms with Crippen molar-refractivity contribution >= 4 is 26.0 Å². The van der Waals surface area contributed by atoms with Gasteiger partial charge in [0.1, 0.15) is 0 Å². The first-order chi connectivity index (χ1) is 17.7. The Labute approximate surface area is 218 Å².